The standard InChI is InChI=1S/C12H14Cl2O3S/c1-17-12-9(7-18(14,15)16)6-8-4-2-3-5-10(8)11(12)13/h6H,2-5,7H2,1H3. The summed E-state index contributed by atoms with van der Waals surface area (Å²) < 4.78 is 27.7. The highest BCUT2D eigenvalue weighted by Crippen LogP contribution is 2.39. The molecule has 0 saturated heterocycles. The molecule has 0 aromatic heterocycles. The Morgan fingerprint density at radius 3 is 2.61 bits per heavy atom. The first-order valence-corrected chi connectivity index (χ1v) is 8.57. The fourth-order valence-corrected chi connectivity index (χ4v) is 3.76. The highest BCUT2D eigenvalue weighted by Gasteiger charge is 2.22. The molecule has 100 valence electrons. The van der Waals surface area contributed by atoms with Crippen LogP contribution in [-0.2, 0) is 27.6 Å². The lowest BCUT2D eigenvalue weighted by molar-refractivity contribution is 0.410. The second kappa shape index (κ2) is 5.27. The Hall–Kier alpha value is -0.450. The van der Waals surface area contributed by atoms with Gasteiger partial charge in [0.15, 0.2) is 0 Å². The molecule has 1 aromatic rings. The molecule has 0 amide bonds. The lowest BCUT2D eigenvalue weighted by atomic mass is 9.90. The van der Waals surface area contributed by atoms with Gasteiger partial charge in [-0.2, -0.15) is 0 Å². The van der Waals surface area contributed by atoms with Crippen molar-refractivity contribution in [3.63, 3.8) is 0 Å². The third-order valence-corrected chi connectivity index (χ3v) is 4.53. The molecule has 0 fully saturated rings. The summed E-state index contributed by atoms with van der Waals surface area (Å²) in [4.78, 5) is 0. The van der Waals surface area contributed by atoms with Crippen LogP contribution in [0.15, 0.2) is 6.07 Å². The van der Waals surface area contributed by atoms with E-state index < -0.39 is 9.05 Å². The molecule has 0 radical (unpaired) electrons. The van der Waals surface area contributed by atoms with Crippen LogP contribution in [0.1, 0.15) is 29.5 Å². The van der Waals surface area contributed by atoms with Crippen LogP contribution in [0.25, 0.3) is 0 Å². The zero-order valence-corrected chi connectivity index (χ0v) is 12.3. The molecule has 0 saturated carbocycles. The summed E-state index contributed by atoms with van der Waals surface area (Å²) in [6.45, 7) is 0. The average Bonchev–Trinajstić information content (AvgIpc) is 2.27. The fourth-order valence-electron chi connectivity index (χ4n) is 2.41. The van der Waals surface area contributed by atoms with Crippen LogP contribution in [0.4, 0.5) is 0 Å². The number of methoxy groups -OCH3 is 1. The summed E-state index contributed by atoms with van der Waals surface area (Å²) in [5.41, 5.74) is 2.73. The summed E-state index contributed by atoms with van der Waals surface area (Å²) in [5.74, 6) is 0.173. The van der Waals surface area contributed by atoms with Crippen LogP contribution in [0, 0.1) is 0 Å². The maximum atomic E-state index is 11.2. The number of rotatable bonds is 3. The second-order valence-corrected chi connectivity index (χ2v) is 7.57. The summed E-state index contributed by atoms with van der Waals surface area (Å²) in [7, 11) is 3.17. The normalized spacial score (nSPS) is 15.3. The van der Waals surface area contributed by atoms with Crippen molar-refractivity contribution in [3.8, 4) is 5.75 Å². The van der Waals surface area contributed by atoms with Gasteiger partial charge < -0.3 is 4.74 Å². The van der Waals surface area contributed by atoms with Gasteiger partial charge in [-0.3, -0.25) is 0 Å². The molecule has 0 N–H and O–H groups in total. The van der Waals surface area contributed by atoms with Gasteiger partial charge >= 0.3 is 0 Å². The molecule has 0 bridgehead atoms. The highest BCUT2D eigenvalue weighted by atomic mass is 35.7. The maximum Gasteiger partial charge on any atom is 0.236 e. The zero-order valence-electron chi connectivity index (χ0n) is 10.0. The first-order chi connectivity index (χ1) is 8.42. The lowest BCUT2D eigenvalue weighted by Crippen LogP contribution is -2.08. The van der Waals surface area contributed by atoms with Gasteiger partial charge in [-0.15, -0.1) is 0 Å². The Morgan fingerprint density at radius 1 is 1.33 bits per heavy atom. The minimum atomic E-state index is -3.62. The molecule has 1 aromatic carbocycles. The average molecular weight is 309 g/mol. The summed E-state index contributed by atoms with van der Waals surface area (Å²) in [6, 6.07) is 1.86. The third-order valence-electron chi connectivity index (χ3n) is 3.15. The minimum Gasteiger partial charge on any atom is -0.495 e. The van der Waals surface area contributed by atoms with Gasteiger partial charge in [-0.05, 0) is 36.8 Å². The SMILES string of the molecule is COc1c(CS(=O)(=O)Cl)cc2c(c1Cl)CCCC2. The quantitative estimate of drug-likeness (QED) is 0.805. The van der Waals surface area contributed by atoms with Crippen molar-refractivity contribution in [1.29, 1.82) is 0 Å². The van der Waals surface area contributed by atoms with E-state index in [2.05, 4.69) is 0 Å². The molecule has 2 rings (SSSR count). The van der Waals surface area contributed by atoms with Crippen molar-refractivity contribution in [2.24, 2.45) is 0 Å². The van der Waals surface area contributed by atoms with E-state index in [1.165, 1.54) is 7.11 Å². The van der Waals surface area contributed by atoms with E-state index >= 15 is 0 Å². The van der Waals surface area contributed by atoms with Crippen molar-refractivity contribution in [2.45, 2.75) is 31.4 Å². The van der Waals surface area contributed by atoms with E-state index in [1.807, 2.05) is 6.07 Å². The number of halogens is 2. The highest BCUT2D eigenvalue weighted by molar-refractivity contribution is 8.13. The Kier molecular flexibility index (Phi) is 4.09. The molecular weight excluding hydrogens is 295 g/mol. The van der Waals surface area contributed by atoms with E-state index in [1.54, 1.807) is 0 Å². The van der Waals surface area contributed by atoms with Crippen molar-refractivity contribution < 1.29 is 13.2 Å². The predicted molar refractivity (Wildman–Crippen MR) is 73.1 cm³/mol. The minimum absolute atomic E-state index is 0.259. The van der Waals surface area contributed by atoms with Crippen LogP contribution in [-0.4, -0.2) is 15.5 Å². The lowest BCUT2D eigenvalue weighted by Gasteiger charge is -2.21. The largest absolute Gasteiger partial charge is 0.495 e. The van der Waals surface area contributed by atoms with Crippen LogP contribution < -0.4 is 4.74 Å². The molecule has 6 heteroatoms. The van der Waals surface area contributed by atoms with E-state index in [4.69, 9.17) is 27.0 Å². The van der Waals surface area contributed by atoms with Crippen molar-refractivity contribution in [3.05, 3.63) is 27.8 Å². The number of benzene rings is 1. The van der Waals surface area contributed by atoms with Gasteiger partial charge in [0, 0.05) is 16.2 Å². The molecule has 0 atom stereocenters. The Morgan fingerprint density at radius 2 is 2.00 bits per heavy atom. The number of fused-ring (bicyclic) bond motifs is 1. The smallest absolute Gasteiger partial charge is 0.236 e. The predicted octanol–water partition coefficient (Wildman–Crippen LogP) is 3.30. The number of aryl methyl sites for hydroxylation is 1. The van der Waals surface area contributed by atoms with Crippen LogP contribution in [0.5, 0.6) is 5.75 Å². The number of ether oxygens (including phenoxy) is 1. The molecule has 0 unspecified atom stereocenters. The zero-order chi connectivity index (χ0) is 13.3. The fraction of sp³-hybridized carbons (Fsp3) is 0.500. The number of hydrogen-bond acceptors (Lipinski definition) is 3. The van der Waals surface area contributed by atoms with E-state index in [-0.39, 0.29) is 5.75 Å². The molecule has 0 spiro atoms. The molecule has 0 aliphatic heterocycles. The van der Waals surface area contributed by atoms with Gasteiger partial charge in [0.05, 0.1) is 17.9 Å². The first kappa shape index (κ1) is 14.0. The van der Waals surface area contributed by atoms with Gasteiger partial charge in [0.1, 0.15) is 5.75 Å². The molecule has 18 heavy (non-hydrogen) atoms. The van der Waals surface area contributed by atoms with Crippen LogP contribution >= 0.6 is 22.3 Å². The Labute approximate surface area is 116 Å². The van der Waals surface area contributed by atoms with Gasteiger partial charge in [0.2, 0.25) is 9.05 Å². The summed E-state index contributed by atoms with van der Waals surface area (Å²) >= 11 is 6.30. The summed E-state index contributed by atoms with van der Waals surface area (Å²) in [6.07, 6.45) is 4.04. The molecule has 1 aliphatic carbocycles. The third kappa shape index (κ3) is 2.92. The molecular formula is C12H14Cl2O3S. The van der Waals surface area contributed by atoms with Crippen molar-refractivity contribution >= 4 is 31.3 Å². The van der Waals surface area contributed by atoms with E-state index in [9.17, 15) is 8.42 Å². The molecule has 0 heterocycles. The van der Waals surface area contributed by atoms with E-state index in [0.717, 1.165) is 36.8 Å². The summed E-state index contributed by atoms with van der Waals surface area (Å²) in [5, 5.41) is 0.532. The first-order valence-electron chi connectivity index (χ1n) is 5.72. The second-order valence-electron chi connectivity index (χ2n) is 4.41. The van der Waals surface area contributed by atoms with Crippen LogP contribution in [0.3, 0.4) is 0 Å². The van der Waals surface area contributed by atoms with Gasteiger partial charge in [-0.25, -0.2) is 8.42 Å². The maximum absolute atomic E-state index is 11.2. The van der Waals surface area contributed by atoms with E-state index in [0.29, 0.717) is 16.3 Å². The molecule has 3 nitrogen and oxygen atoms in total. The Balaban J connectivity index is 2.55. The monoisotopic (exact) mass is 308 g/mol. The van der Waals surface area contributed by atoms with Gasteiger partial charge in [0.25, 0.3) is 0 Å². The van der Waals surface area contributed by atoms with Crippen LogP contribution in [0.2, 0.25) is 5.02 Å². The Bertz CT molecular complexity index is 567. The molecule has 1 aliphatic rings. The topological polar surface area (TPSA) is 43.4 Å². The van der Waals surface area contributed by atoms with Crippen molar-refractivity contribution in [1.82, 2.24) is 0 Å². The number of hydrogen-bond donors (Lipinski definition) is 0. The van der Waals surface area contributed by atoms with Crippen molar-refractivity contribution in [2.75, 3.05) is 7.11 Å². The van der Waals surface area contributed by atoms with Gasteiger partial charge in [-0.1, -0.05) is 17.7 Å².